The molecule has 1 aromatic heterocycles. The van der Waals surface area contributed by atoms with Gasteiger partial charge in [0.05, 0.1) is 6.54 Å². The highest BCUT2D eigenvalue weighted by atomic mass is 32.1. The van der Waals surface area contributed by atoms with E-state index in [0.717, 1.165) is 23.5 Å². The lowest BCUT2D eigenvalue weighted by atomic mass is 10.2. The van der Waals surface area contributed by atoms with Gasteiger partial charge in [0, 0.05) is 28.9 Å². The van der Waals surface area contributed by atoms with Crippen molar-refractivity contribution in [3.63, 3.8) is 0 Å². The van der Waals surface area contributed by atoms with Crippen LogP contribution in [0.15, 0.2) is 35.8 Å². The van der Waals surface area contributed by atoms with E-state index < -0.39 is 0 Å². The molecular weight excluding hydrogens is 258 g/mol. The molecule has 0 unspecified atom stereocenters. The summed E-state index contributed by atoms with van der Waals surface area (Å²) in [6.07, 6.45) is 4.00. The van der Waals surface area contributed by atoms with Gasteiger partial charge in [0.25, 0.3) is 5.91 Å². The van der Waals surface area contributed by atoms with Crippen LogP contribution in [0.25, 0.3) is 0 Å². The molecule has 0 spiro atoms. The van der Waals surface area contributed by atoms with Crippen molar-refractivity contribution >= 4 is 22.9 Å². The number of hydrogen-bond acceptors (Lipinski definition) is 4. The minimum absolute atomic E-state index is 0.0143. The zero-order valence-corrected chi connectivity index (χ0v) is 11.2. The lowest BCUT2D eigenvalue weighted by Crippen LogP contribution is -2.25. The Hall–Kier alpha value is -1.88. The van der Waals surface area contributed by atoms with Crippen LogP contribution in [-0.4, -0.2) is 16.9 Å². The molecule has 1 aromatic carbocycles. The molecule has 1 aliphatic carbocycles. The number of carbonyl (C=O) groups is 1. The second kappa shape index (κ2) is 5.40. The molecule has 0 radical (unpaired) electrons. The van der Waals surface area contributed by atoms with Crippen molar-refractivity contribution in [2.75, 3.05) is 5.32 Å². The number of nitrogens with one attached hydrogen (secondary N) is 2. The summed E-state index contributed by atoms with van der Waals surface area (Å²) in [4.78, 5) is 16.1. The Kier molecular flexibility index (Phi) is 3.46. The van der Waals surface area contributed by atoms with Gasteiger partial charge in [-0.05, 0) is 31.0 Å². The summed E-state index contributed by atoms with van der Waals surface area (Å²) in [6, 6.07) is 7.96. The molecule has 1 fully saturated rings. The molecule has 98 valence electrons. The fourth-order valence-corrected chi connectivity index (χ4v) is 2.34. The minimum atomic E-state index is 0.0143. The number of amides is 1. The number of anilines is 1. The Balaban J connectivity index is 1.63. The van der Waals surface area contributed by atoms with E-state index in [9.17, 15) is 4.79 Å². The highest BCUT2D eigenvalue weighted by molar-refractivity contribution is 7.09. The number of hydrogen-bond donors (Lipinski definition) is 2. The molecule has 0 atom stereocenters. The summed E-state index contributed by atoms with van der Waals surface area (Å²) in [5, 5.41) is 9.26. The fraction of sp³-hybridized carbons (Fsp3) is 0.286. The molecule has 1 heterocycles. The molecule has 2 aromatic rings. The van der Waals surface area contributed by atoms with Crippen molar-refractivity contribution < 1.29 is 4.79 Å². The Morgan fingerprint density at radius 3 is 3.05 bits per heavy atom. The number of rotatable bonds is 5. The average molecular weight is 273 g/mol. The van der Waals surface area contributed by atoms with E-state index in [-0.39, 0.29) is 5.91 Å². The third kappa shape index (κ3) is 3.32. The second-order valence-electron chi connectivity index (χ2n) is 4.61. The molecule has 19 heavy (non-hydrogen) atoms. The molecular formula is C14H15N3OS. The first-order valence-corrected chi connectivity index (χ1v) is 7.22. The zero-order valence-electron chi connectivity index (χ0n) is 10.4. The van der Waals surface area contributed by atoms with Crippen molar-refractivity contribution in [1.82, 2.24) is 10.3 Å². The van der Waals surface area contributed by atoms with Crippen LogP contribution in [-0.2, 0) is 6.54 Å². The van der Waals surface area contributed by atoms with Gasteiger partial charge in [0.1, 0.15) is 5.01 Å². The quantitative estimate of drug-likeness (QED) is 0.880. The van der Waals surface area contributed by atoms with Crippen molar-refractivity contribution in [2.24, 2.45) is 0 Å². The van der Waals surface area contributed by atoms with Gasteiger partial charge in [-0.15, -0.1) is 11.3 Å². The maximum atomic E-state index is 11.9. The van der Waals surface area contributed by atoms with E-state index in [1.165, 1.54) is 0 Å². The van der Waals surface area contributed by atoms with Crippen LogP contribution in [0, 0.1) is 0 Å². The van der Waals surface area contributed by atoms with E-state index in [4.69, 9.17) is 0 Å². The average Bonchev–Trinajstić information content (AvgIpc) is 3.09. The Labute approximate surface area is 115 Å². The number of aromatic nitrogens is 1. The lowest BCUT2D eigenvalue weighted by molar-refractivity contribution is 0.0951. The van der Waals surface area contributed by atoms with Gasteiger partial charge in [0.2, 0.25) is 0 Å². The molecule has 1 aliphatic rings. The third-order valence-corrected chi connectivity index (χ3v) is 3.74. The second-order valence-corrected chi connectivity index (χ2v) is 5.59. The van der Waals surface area contributed by atoms with Gasteiger partial charge in [-0.3, -0.25) is 4.79 Å². The van der Waals surface area contributed by atoms with Gasteiger partial charge < -0.3 is 10.6 Å². The zero-order chi connectivity index (χ0) is 13.1. The minimum Gasteiger partial charge on any atom is -0.379 e. The number of carbonyl (C=O) groups excluding carboxylic acids is 1. The van der Waals surface area contributed by atoms with E-state index >= 15 is 0 Å². The molecule has 0 aliphatic heterocycles. The molecule has 1 saturated carbocycles. The lowest BCUT2D eigenvalue weighted by Gasteiger charge is -2.07. The summed E-state index contributed by atoms with van der Waals surface area (Å²) in [5.41, 5.74) is 1.65. The highest BCUT2D eigenvalue weighted by Gasteiger charge is 2.23. The number of nitrogens with zero attached hydrogens (tertiary/aromatic N) is 1. The fourth-order valence-electron chi connectivity index (χ4n) is 1.78. The Bertz CT molecular complexity index is 564. The van der Waals surface area contributed by atoms with Crippen molar-refractivity contribution in [1.29, 1.82) is 0 Å². The topological polar surface area (TPSA) is 54.0 Å². The summed E-state index contributed by atoms with van der Waals surface area (Å²) in [7, 11) is 0. The molecule has 1 amide bonds. The van der Waals surface area contributed by atoms with E-state index in [0.29, 0.717) is 18.2 Å². The van der Waals surface area contributed by atoms with E-state index in [2.05, 4.69) is 15.6 Å². The van der Waals surface area contributed by atoms with Gasteiger partial charge in [0.15, 0.2) is 0 Å². The van der Waals surface area contributed by atoms with Gasteiger partial charge in [-0.25, -0.2) is 4.98 Å². The molecule has 4 nitrogen and oxygen atoms in total. The highest BCUT2D eigenvalue weighted by Crippen LogP contribution is 2.20. The largest absolute Gasteiger partial charge is 0.379 e. The van der Waals surface area contributed by atoms with Crippen molar-refractivity contribution in [3.05, 3.63) is 46.4 Å². The van der Waals surface area contributed by atoms with Crippen LogP contribution in [0.4, 0.5) is 5.69 Å². The van der Waals surface area contributed by atoms with Crippen LogP contribution in [0.3, 0.4) is 0 Å². The number of thiazole rings is 1. The first-order valence-electron chi connectivity index (χ1n) is 6.34. The van der Waals surface area contributed by atoms with Crippen LogP contribution < -0.4 is 10.6 Å². The van der Waals surface area contributed by atoms with Crippen molar-refractivity contribution in [2.45, 2.75) is 25.4 Å². The summed E-state index contributed by atoms with van der Waals surface area (Å²) in [6.45, 7) is 0.686. The SMILES string of the molecule is O=C(NC1CC1)c1cccc(NCc2nccs2)c1. The molecule has 0 saturated heterocycles. The third-order valence-electron chi connectivity index (χ3n) is 2.96. The first kappa shape index (κ1) is 12.2. The summed E-state index contributed by atoms with van der Waals surface area (Å²) in [5.74, 6) is 0.0143. The maximum absolute atomic E-state index is 11.9. The standard InChI is InChI=1S/C14H15N3OS/c18-14(17-11-4-5-11)10-2-1-3-12(8-10)16-9-13-15-6-7-19-13/h1-3,6-8,11,16H,4-5,9H2,(H,17,18). The predicted octanol–water partition coefficient (Wildman–Crippen LogP) is 2.65. The maximum Gasteiger partial charge on any atom is 0.251 e. The van der Waals surface area contributed by atoms with Crippen LogP contribution in [0.1, 0.15) is 28.2 Å². The van der Waals surface area contributed by atoms with Gasteiger partial charge >= 0.3 is 0 Å². The van der Waals surface area contributed by atoms with Gasteiger partial charge in [-0.1, -0.05) is 6.07 Å². The van der Waals surface area contributed by atoms with E-state index in [1.807, 2.05) is 29.6 Å². The van der Waals surface area contributed by atoms with E-state index in [1.54, 1.807) is 17.5 Å². The van der Waals surface area contributed by atoms with Crippen LogP contribution >= 0.6 is 11.3 Å². The molecule has 5 heteroatoms. The molecule has 2 N–H and O–H groups in total. The smallest absolute Gasteiger partial charge is 0.251 e. The number of benzene rings is 1. The molecule has 3 rings (SSSR count). The van der Waals surface area contributed by atoms with Crippen LogP contribution in [0.5, 0.6) is 0 Å². The Morgan fingerprint density at radius 2 is 2.32 bits per heavy atom. The van der Waals surface area contributed by atoms with Gasteiger partial charge in [-0.2, -0.15) is 0 Å². The normalized spacial score (nSPS) is 14.1. The summed E-state index contributed by atoms with van der Waals surface area (Å²) >= 11 is 1.62. The predicted molar refractivity (Wildman–Crippen MR) is 76.4 cm³/mol. The monoisotopic (exact) mass is 273 g/mol. The van der Waals surface area contributed by atoms with Crippen molar-refractivity contribution in [3.8, 4) is 0 Å². The summed E-state index contributed by atoms with van der Waals surface area (Å²) < 4.78 is 0. The Morgan fingerprint density at radius 1 is 1.42 bits per heavy atom. The molecule has 0 bridgehead atoms. The van der Waals surface area contributed by atoms with Crippen LogP contribution in [0.2, 0.25) is 0 Å². The first-order chi connectivity index (χ1) is 9.31.